The van der Waals surface area contributed by atoms with Crippen molar-refractivity contribution in [2.24, 2.45) is 5.10 Å². The van der Waals surface area contributed by atoms with Crippen molar-refractivity contribution in [3.8, 4) is 0 Å². The first kappa shape index (κ1) is 17.5. The molecule has 122 valence electrons. The highest BCUT2D eigenvalue weighted by Crippen LogP contribution is 2.41. The second-order valence-corrected chi connectivity index (χ2v) is 7.47. The zero-order valence-electron chi connectivity index (χ0n) is 11.8. The molecule has 3 aromatic rings. The van der Waals surface area contributed by atoms with Crippen LogP contribution in [0.15, 0.2) is 41.5 Å². The van der Waals surface area contributed by atoms with Crippen molar-refractivity contribution >= 4 is 79.9 Å². The summed E-state index contributed by atoms with van der Waals surface area (Å²) in [4.78, 5) is 12.6. The summed E-state index contributed by atoms with van der Waals surface area (Å²) in [6.45, 7) is 0. The highest BCUT2D eigenvalue weighted by Gasteiger charge is 2.19. The van der Waals surface area contributed by atoms with Crippen LogP contribution < -0.4 is 5.43 Å². The SMILES string of the molecule is O=C(N/N=C/c1ccc(Cl)cc1)c1sc2cc(Cl)cc(Cl)c2c1Cl. The van der Waals surface area contributed by atoms with Gasteiger partial charge in [-0.15, -0.1) is 11.3 Å². The lowest BCUT2D eigenvalue weighted by atomic mass is 10.2. The number of nitrogens with one attached hydrogen (secondary N) is 1. The third-order valence-corrected chi connectivity index (χ3v) is 5.50. The van der Waals surface area contributed by atoms with Crippen LogP contribution in [0.25, 0.3) is 10.1 Å². The number of thiophene rings is 1. The molecule has 1 amide bonds. The molecule has 24 heavy (non-hydrogen) atoms. The normalized spacial score (nSPS) is 11.3. The molecule has 0 aliphatic heterocycles. The van der Waals surface area contributed by atoms with Gasteiger partial charge >= 0.3 is 0 Å². The van der Waals surface area contributed by atoms with E-state index in [1.807, 2.05) is 0 Å². The summed E-state index contributed by atoms with van der Waals surface area (Å²) >= 11 is 25.4. The lowest BCUT2D eigenvalue weighted by Gasteiger charge is -1.98. The van der Waals surface area contributed by atoms with Crippen molar-refractivity contribution in [3.05, 3.63) is 66.9 Å². The van der Waals surface area contributed by atoms with E-state index >= 15 is 0 Å². The van der Waals surface area contributed by atoms with Crippen LogP contribution in [0, 0.1) is 0 Å². The number of hydrogen-bond donors (Lipinski definition) is 1. The predicted molar refractivity (Wildman–Crippen MR) is 103 cm³/mol. The molecule has 8 heteroatoms. The van der Waals surface area contributed by atoms with Crippen LogP contribution in [0.3, 0.4) is 0 Å². The van der Waals surface area contributed by atoms with Crippen molar-refractivity contribution in [2.75, 3.05) is 0 Å². The second-order valence-electron chi connectivity index (χ2n) is 4.76. The van der Waals surface area contributed by atoms with Crippen molar-refractivity contribution in [1.29, 1.82) is 0 Å². The summed E-state index contributed by atoms with van der Waals surface area (Å²) in [7, 11) is 0. The molecule has 0 radical (unpaired) electrons. The predicted octanol–water partition coefficient (Wildman–Crippen LogP) is 6.28. The van der Waals surface area contributed by atoms with E-state index in [0.29, 0.717) is 25.3 Å². The second kappa shape index (κ2) is 7.30. The van der Waals surface area contributed by atoms with Gasteiger partial charge in [-0.05, 0) is 29.8 Å². The largest absolute Gasteiger partial charge is 0.283 e. The van der Waals surface area contributed by atoms with Gasteiger partial charge in [0.1, 0.15) is 4.88 Å². The first-order chi connectivity index (χ1) is 11.5. The maximum absolute atomic E-state index is 12.3. The van der Waals surface area contributed by atoms with Gasteiger partial charge in [0.15, 0.2) is 0 Å². The van der Waals surface area contributed by atoms with E-state index in [1.165, 1.54) is 17.6 Å². The molecule has 0 aliphatic rings. The van der Waals surface area contributed by atoms with Gasteiger partial charge in [-0.3, -0.25) is 4.79 Å². The van der Waals surface area contributed by atoms with Gasteiger partial charge in [0, 0.05) is 20.1 Å². The molecule has 0 saturated carbocycles. The number of nitrogens with zero attached hydrogens (tertiary/aromatic N) is 1. The van der Waals surface area contributed by atoms with Gasteiger partial charge < -0.3 is 0 Å². The van der Waals surface area contributed by atoms with Crippen molar-refractivity contribution in [3.63, 3.8) is 0 Å². The number of carbonyl (C=O) groups is 1. The summed E-state index contributed by atoms with van der Waals surface area (Å²) in [6.07, 6.45) is 1.51. The van der Waals surface area contributed by atoms with Crippen LogP contribution in [0.2, 0.25) is 20.1 Å². The first-order valence-corrected chi connectivity index (χ1v) is 8.94. The van der Waals surface area contributed by atoms with Crippen LogP contribution in [-0.4, -0.2) is 12.1 Å². The number of fused-ring (bicyclic) bond motifs is 1. The molecule has 0 unspecified atom stereocenters. The van der Waals surface area contributed by atoms with Gasteiger partial charge in [0.2, 0.25) is 0 Å². The highest BCUT2D eigenvalue weighted by molar-refractivity contribution is 7.21. The van der Waals surface area contributed by atoms with E-state index in [2.05, 4.69) is 10.5 Å². The average molecular weight is 418 g/mol. The van der Waals surface area contributed by atoms with E-state index < -0.39 is 5.91 Å². The van der Waals surface area contributed by atoms with Gasteiger partial charge in [-0.1, -0.05) is 58.5 Å². The summed E-state index contributed by atoms with van der Waals surface area (Å²) in [5.74, 6) is -0.418. The fourth-order valence-corrected chi connectivity index (χ4v) is 4.42. The maximum atomic E-state index is 12.3. The molecule has 1 aromatic heterocycles. The fraction of sp³-hybridized carbons (Fsp3) is 0. The summed E-state index contributed by atoms with van der Waals surface area (Å²) in [5.41, 5.74) is 3.25. The van der Waals surface area contributed by atoms with E-state index in [-0.39, 0.29) is 5.02 Å². The van der Waals surface area contributed by atoms with Crippen LogP contribution in [-0.2, 0) is 0 Å². The van der Waals surface area contributed by atoms with E-state index in [4.69, 9.17) is 46.4 Å². The Morgan fingerprint density at radius 2 is 1.75 bits per heavy atom. The molecule has 0 spiro atoms. The van der Waals surface area contributed by atoms with Gasteiger partial charge in [0.05, 0.1) is 16.3 Å². The number of benzene rings is 2. The summed E-state index contributed by atoms with van der Waals surface area (Å²) in [6, 6.07) is 10.3. The lowest BCUT2D eigenvalue weighted by molar-refractivity contribution is 0.0959. The minimum absolute atomic E-state index is 0.288. The smallest absolute Gasteiger partial charge is 0.266 e. The molecule has 1 N–H and O–H groups in total. The molecule has 2 aromatic carbocycles. The first-order valence-electron chi connectivity index (χ1n) is 6.61. The summed E-state index contributed by atoms with van der Waals surface area (Å²) < 4.78 is 0.740. The number of carbonyl (C=O) groups excluding carboxylic acids is 1. The van der Waals surface area contributed by atoms with Crippen LogP contribution in [0.5, 0.6) is 0 Å². The third kappa shape index (κ3) is 3.68. The Hall–Kier alpha value is -1.30. The Morgan fingerprint density at radius 3 is 2.46 bits per heavy atom. The number of halogens is 4. The topological polar surface area (TPSA) is 41.5 Å². The van der Waals surface area contributed by atoms with E-state index in [1.54, 1.807) is 36.4 Å². The average Bonchev–Trinajstić information content (AvgIpc) is 2.86. The number of hydrazone groups is 1. The minimum Gasteiger partial charge on any atom is -0.266 e. The quantitative estimate of drug-likeness (QED) is 0.395. The van der Waals surface area contributed by atoms with E-state index in [0.717, 1.165) is 10.3 Å². The monoisotopic (exact) mass is 416 g/mol. The van der Waals surface area contributed by atoms with Crippen LogP contribution in [0.4, 0.5) is 0 Å². The Labute approximate surface area is 161 Å². The van der Waals surface area contributed by atoms with Crippen molar-refractivity contribution in [2.45, 2.75) is 0 Å². The molecule has 3 nitrogen and oxygen atoms in total. The van der Waals surface area contributed by atoms with Gasteiger partial charge in [0.25, 0.3) is 5.91 Å². The molecule has 0 saturated heterocycles. The molecular formula is C16H8Cl4N2OS. The summed E-state index contributed by atoms with van der Waals surface area (Å²) in [5, 5.41) is 6.34. The molecule has 0 aliphatic carbocycles. The third-order valence-electron chi connectivity index (χ3n) is 3.11. The molecule has 0 atom stereocenters. The molecular weight excluding hydrogens is 410 g/mol. The van der Waals surface area contributed by atoms with Crippen molar-refractivity contribution < 1.29 is 4.79 Å². The number of amides is 1. The standard InChI is InChI=1S/C16H8Cl4N2OS/c17-9-3-1-8(2-4-9)7-21-22-16(23)15-14(20)13-11(19)5-10(18)6-12(13)24-15/h1-7H,(H,22,23)/b21-7+. The molecule has 1 heterocycles. The fourth-order valence-electron chi connectivity index (χ4n) is 2.02. The zero-order chi connectivity index (χ0) is 17.3. The van der Waals surface area contributed by atoms with E-state index in [9.17, 15) is 4.79 Å². The Balaban J connectivity index is 1.82. The molecule has 0 bridgehead atoms. The van der Waals surface area contributed by atoms with Crippen molar-refractivity contribution in [1.82, 2.24) is 5.43 Å². The lowest BCUT2D eigenvalue weighted by Crippen LogP contribution is -2.16. The highest BCUT2D eigenvalue weighted by atomic mass is 35.5. The maximum Gasteiger partial charge on any atom is 0.283 e. The number of hydrogen-bond acceptors (Lipinski definition) is 3. The minimum atomic E-state index is -0.418. The van der Waals surface area contributed by atoms with Crippen LogP contribution >= 0.6 is 57.7 Å². The zero-order valence-corrected chi connectivity index (χ0v) is 15.7. The van der Waals surface area contributed by atoms with Gasteiger partial charge in [-0.25, -0.2) is 5.43 Å². The number of rotatable bonds is 3. The Kier molecular flexibility index (Phi) is 5.33. The molecule has 3 rings (SSSR count). The Bertz CT molecular complexity index is 951. The van der Waals surface area contributed by atoms with Crippen LogP contribution in [0.1, 0.15) is 15.2 Å². The Morgan fingerprint density at radius 1 is 1.04 bits per heavy atom. The van der Waals surface area contributed by atoms with Gasteiger partial charge in [-0.2, -0.15) is 5.10 Å². The molecule has 0 fully saturated rings.